The van der Waals surface area contributed by atoms with Crippen molar-refractivity contribution in [3.8, 4) is 11.3 Å². The van der Waals surface area contributed by atoms with Crippen molar-refractivity contribution in [3.05, 3.63) is 48.0 Å². The number of nitrogens with zero attached hydrogens (tertiary/aromatic N) is 2. The molecule has 0 aliphatic rings. The maximum absolute atomic E-state index is 10.2. The minimum absolute atomic E-state index is 0.378. The van der Waals surface area contributed by atoms with Crippen molar-refractivity contribution in [2.45, 2.75) is 33.2 Å². The molecule has 0 aliphatic carbocycles. The van der Waals surface area contributed by atoms with Crippen LogP contribution in [0, 0.1) is 6.92 Å². The number of pyridine rings is 1. The van der Waals surface area contributed by atoms with Gasteiger partial charge in [-0.1, -0.05) is 30.3 Å². The van der Waals surface area contributed by atoms with Crippen LogP contribution in [0.3, 0.4) is 0 Å². The van der Waals surface area contributed by atoms with E-state index in [1.54, 1.807) is 0 Å². The first kappa shape index (κ1) is 13.6. The monoisotopic (exact) mass is 256 g/mol. The van der Waals surface area contributed by atoms with Crippen LogP contribution >= 0.6 is 0 Å². The Labute approximate surface area is 114 Å². The van der Waals surface area contributed by atoms with Crippen molar-refractivity contribution < 1.29 is 5.21 Å². The number of benzene rings is 1. The van der Waals surface area contributed by atoms with Gasteiger partial charge in [-0.05, 0) is 45.4 Å². The van der Waals surface area contributed by atoms with E-state index in [2.05, 4.69) is 18.0 Å². The number of rotatable bonds is 2. The molecule has 1 aromatic heterocycles. The van der Waals surface area contributed by atoms with Gasteiger partial charge in [-0.25, -0.2) is 10.0 Å². The van der Waals surface area contributed by atoms with Gasteiger partial charge in [0.25, 0.3) is 0 Å². The highest BCUT2D eigenvalue weighted by molar-refractivity contribution is 5.65. The summed E-state index contributed by atoms with van der Waals surface area (Å²) in [5.41, 5.74) is 2.76. The van der Waals surface area contributed by atoms with Gasteiger partial charge in [-0.3, -0.25) is 5.21 Å². The molecule has 1 N–H and O–H groups in total. The summed E-state index contributed by atoms with van der Waals surface area (Å²) >= 11 is 0. The Morgan fingerprint density at radius 2 is 1.68 bits per heavy atom. The summed E-state index contributed by atoms with van der Waals surface area (Å²) in [6, 6.07) is 13.8. The molecule has 3 heteroatoms. The third-order valence-corrected chi connectivity index (χ3v) is 3.01. The van der Waals surface area contributed by atoms with Crippen molar-refractivity contribution in [2.75, 3.05) is 5.06 Å². The molecule has 2 aromatic rings. The fraction of sp³-hybridized carbons (Fsp3) is 0.312. The average Bonchev–Trinajstić information content (AvgIpc) is 2.37. The van der Waals surface area contributed by atoms with Crippen molar-refractivity contribution in [3.63, 3.8) is 0 Å². The molecule has 1 aromatic carbocycles. The molecule has 0 spiro atoms. The maximum Gasteiger partial charge on any atom is 0.153 e. The lowest BCUT2D eigenvalue weighted by atomic mass is 10.1. The number of anilines is 1. The lowest BCUT2D eigenvalue weighted by Crippen LogP contribution is -2.39. The molecule has 1 heterocycles. The topological polar surface area (TPSA) is 36.4 Å². The van der Waals surface area contributed by atoms with Gasteiger partial charge in [0.15, 0.2) is 5.82 Å². The van der Waals surface area contributed by atoms with Gasteiger partial charge in [0.2, 0.25) is 0 Å². The zero-order valence-electron chi connectivity index (χ0n) is 11.9. The minimum Gasteiger partial charge on any atom is -0.286 e. The molecule has 2 rings (SSSR count). The van der Waals surface area contributed by atoms with Crippen LogP contribution < -0.4 is 5.06 Å². The molecular formula is C16H20N2O. The van der Waals surface area contributed by atoms with Crippen LogP contribution in [0.2, 0.25) is 0 Å². The summed E-state index contributed by atoms with van der Waals surface area (Å²) in [6.45, 7) is 7.88. The third-order valence-electron chi connectivity index (χ3n) is 3.01. The summed E-state index contributed by atoms with van der Waals surface area (Å²) in [4.78, 5) is 4.55. The summed E-state index contributed by atoms with van der Waals surface area (Å²) in [5.74, 6) is 0.563. The van der Waals surface area contributed by atoms with Crippen LogP contribution in [0.25, 0.3) is 11.3 Å². The SMILES string of the molecule is Cc1ccccc1-c1cccc(N(O)C(C)(C)C)n1. The Bertz CT molecular complexity index is 573. The first-order valence-corrected chi connectivity index (χ1v) is 6.42. The largest absolute Gasteiger partial charge is 0.286 e. The molecule has 0 amide bonds. The number of hydroxylamine groups is 1. The van der Waals surface area contributed by atoms with E-state index in [-0.39, 0.29) is 5.54 Å². The predicted molar refractivity (Wildman–Crippen MR) is 78.4 cm³/mol. The van der Waals surface area contributed by atoms with Crippen LogP contribution in [0.1, 0.15) is 26.3 Å². The number of aryl methyl sites for hydroxylation is 1. The quantitative estimate of drug-likeness (QED) is 0.823. The molecule has 0 radical (unpaired) electrons. The van der Waals surface area contributed by atoms with Crippen LogP contribution in [0.5, 0.6) is 0 Å². The van der Waals surface area contributed by atoms with E-state index in [4.69, 9.17) is 0 Å². The second-order valence-electron chi connectivity index (χ2n) is 5.68. The number of hydrogen-bond donors (Lipinski definition) is 1. The van der Waals surface area contributed by atoms with Gasteiger partial charge < -0.3 is 0 Å². The van der Waals surface area contributed by atoms with E-state index in [1.165, 1.54) is 10.6 Å². The Kier molecular flexibility index (Phi) is 3.58. The minimum atomic E-state index is -0.378. The first-order valence-electron chi connectivity index (χ1n) is 6.42. The Morgan fingerprint density at radius 3 is 2.32 bits per heavy atom. The van der Waals surface area contributed by atoms with Crippen LogP contribution in [0.4, 0.5) is 5.82 Å². The molecule has 0 unspecified atom stereocenters. The highest BCUT2D eigenvalue weighted by atomic mass is 16.5. The molecule has 0 saturated heterocycles. The van der Waals surface area contributed by atoms with E-state index in [9.17, 15) is 5.21 Å². The predicted octanol–water partition coefficient (Wildman–Crippen LogP) is 4.05. The van der Waals surface area contributed by atoms with Crippen LogP contribution in [0.15, 0.2) is 42.5 Å². The van der Waals surface area contributed by atoms with Crippen molar-refractivity contribution in [2.24, 2.45) is 0 Å². The molecule has 19 heavy (non-hydrogen) atoms. The van der Waals surface area contributed by atoms with Gasteiger partial charge in [0.05, 0.1) is 11.2 Å². The lowest BCUT2D eigenvalue weighted by Gasteiger charge is -2.30. The van der Waals surface area contributed by atoms with Gasteiger partial charge >= 0.3 is 0 Å². The summed E-state index contributed by atoms with van der Waals surface area (Å²) in [5, 5.41) is 11.4. The van der Waals surface area contributed by atoms with Gasteiger partial charge in [-0.2, -0.15) is 0 Å². The second-order valence-corrected chi connectivity index (χ2v) is 5.68. The van der Waals surface area contributed by atoms with Crippen LogP contribution in [-0.2, 0) is 0 Å². The summed E-state index contributed by atoms with van der Waals surface area (Å²) < 4.78 is 0. The van der Waals surface area contributed by atoms with Gasteiger partial charge in [0.1, 0.15) is 0 Å². The molecule has 0 fully saturated rings. The summed E-state index contributed by atoms with van der Waals surface area (Å²) in [6.07, 6.45) is 0. The highest BCUT2D eigenvalue weighted by Crippen LogP contribution is 2.25. The maximum atomic E-state index is 10.2. The van der Waals surface area contributed by atoms with Crippen molar-refractivity contribution in [1.29, 1.82) is 0 Å². The van der Waals surface area contributed by atoms with Crippen LogP contribution in [-0.4, -0.2) is 15.7 Å². The van der Waals surface area contributed by atoms with Gasteiger partial charge in [0, 0.05) is 5.56 Å². The fourth-order valence-electron chi connectivity index (χ4n) is 1.90. The average molecular weight is 256 g/mol. The molecule has 100 valence electrons. The standard InChI is InChI=1S/C16H20N2O/c1-12-8-5-6-9-13(12)14-10-7-11-15(17-14)18(19)16(2,3)4/h5-11,19H,1-4H3. The molecule has 0 atom stereocenters. The Morgan fingerprint density at radius 1 is 1.00 bits per heavy atom. The smallest absolute Gasteiger partial charge is 0.153 e. The molecule has 0 aliphatic heterocycles. The Hall–Kier alpha value is -1.87. The van der Waals surface area contributed by atoms with E-state index in [0.717, 1.165) is 11.3 Å². The molecule has 0 bridgehead atoms. The normalized spacial score (nSPS) is 11.4. The van der Waals surface area contributed by atoms with E-state index < -0.39 is 0 Å². The zero-order chi connectivity index (χ0) is 14.0. The molecule has 3 nitrogen and oxygen atoms in total. The molecular weight excluding hydrogens is 236 g/mol. The van der Waals surface area contributed by atoms with Crippen molar-refractivity contribution in [1.82, 2.24) is 4.98 Å². The van der Waals surface area contributed by atoms with E-state index in [0.29, 0.717) is 5.82 Å². The zero-order valence-corrected chi connectivity index (χ0v) is 11.9. The van der Waals surface area contributed by atoms with E-state index in [1.807, 2.05) is 57.2 Å². The van der Waals surface area contributed by atoms with Crippen molar-refractivity contribution >= 4 is 5.82 Å². The number of aromatic nitrogens is 1. The second kappa shape index (κ2) is 5.02. The summed E-state index contributed by atoms with van der Waals surface area (Å²) in [7, 11) is 0. The van der Waals surface area contributed by atoms with Gasteiger partial charge in [-0.15, -0.1) is 0 Å². The lowest BCUT2D eigenvalue weighted by molar-refractivity contribution is 0.178. The molecule has 0 saturated carbocycles. The first-order chi connectivity index (χ1) is 8.89. The Balaban J connectivity index is 2.43. The van der Waals surface area contributed by atoms with E-state index >= 15 is 0 Å². The number of hydrogen-bond acceptors (Lipinski definition) is 3. The fourth-order valence-corrected chi connectivity index (χ4v) is 1.90. The highest BCUT2D eigenvalue weighted by Gasteiger charge is 2.21. The third kappa shape index (κ3) is 2.93.